The highest BCUT2D eigenvalue weighted by atomic mass is 16.5. The topological polar surface area (TPSA) is 78.9 Å². The summed E-state index contributed by atoms with van der Waals surface area (Å²) >= 11 is 0. The molecule has 1 saturated heterocycles. The van der Waals surface area contributed by atoms with Gasteiger partial charge in [-0.1, -0.05) is 13.0 Å². The van der Waals surface area contributed by atoms with Crippen molar-refractivity contribution in [2.24, 2.45) is 5.92 Å². The zero-order valence-corrected chi connectivity index (χ0v) is 13.5. The lowest BCUT2D eigenvalue weighted by Gasteiger charge is -2.18. The number of carboxylic acid groups (broad SMARTS) is 1. The SMILES string of the molecule is CCCOc1ccc(CN2C[C@@H](C(=O)[O-])CC2=O)cc1OCC. The van der Waals surface area contributed by atoms with E-state index in [-0.39, 0.29) is 18.9 Å². The molecule has 6 heteroatoms. The maximum atomic E-state index is 11.9. The predicted molar refractivity (Wildman–Crippen MR) is 81.9 cm³/mol. The third-order valence-electron chi connectivity index (χ3n) is 3.69. The highest BCUT2D eigenvalue weighted by Crippen LogP contribution is 2.30. The first-order valence-corrected chi connectivity index (χ1v) is 7.92. The molecule has 1 fully saturated rings. The molecule has 1 aliphatic rings. The van der Waals surface area contributed by atoms with Crippen LogP contribution in [0.25, 0.3) is 0 Å². The average Bonchev–Trinajstić information content (AvgIpc) is 2.88. The van der Waals surface area contributed by atoms with E-state index >= 15 is 0 Å². The van der Waals surface area contributed by atoms with Crippen LogP contribution in [0.2, 0.25) is 0 Å². The maximum absolute atomic E-state index is 11.9. The van der Waals surface area contributed by atoms with Crippen molar-refractivity contribution in [1.82, 2.24) is 4.90 Å². The van der Waals surface area contributed by atoms with Crippen molar-refractivity contribution in [2.45, 2.75) is 33.2 Å². The first-order chi connectivity index (χ1) is 11.0. The number of carboxylic acids is 1. The molecule has 1 heterocycles. The Hall–Kier alpha value is -2.24. The second kappa shape index (κ2) is 7.85. The average molecular weight is 320 g/mol. The van der Waals surface area contributed by atoms with E-state index in [2.05, 4.69) is 0 Å². The molecule has 0 bridgehead atoms. The third kappa shape index (κ3) is 4.37. The van der Waals surface area contributed by atoms with Crippen LogP contribution >= 0.6 is 0 Å². The summed E-state index contributed by atoms with van der Waals surface area (Å²) in [7, 11) is 0. The Morgan fingerprint density at radius 2 is 2.09 bits per heavy atom. The maximum Gasteiger partial charge on any atom is 0.223 e. The van der Waals surface area contributed by atoms with E-state index in [0.717, 1.165) is 12.0 Å². The number of benzene rings is 1. The van der Waals surface area contributed by atoms with Crippen LogP contribution < -0.4 is 14.6 Å². The summed E-state index contributed by atoms with van der Waals surface area (Å²) < 4.78 is 11.2. The molecule has 126 valence electrons. The van der Waals surface area contributed by atoms with E-state index in [4.69, 9.17) is 9.47 Å². The fraction of sp³-hybridized carbons (Fsp3) is 0.529. The van der Waals surface area contributed by atoms with Crippen LogP contribution in [0.3, 0.4) is 0 Å². The van der Waals surface area contributed by atoms with Crippen molar-refractivity contribution in [3.8, 4) is 11.5 Å². The Balaban J connectivity index is 2.09. The highest BCUT2D eigenvalue weighted by Gasteiger charge is 2.30. The molecule has 6 nitrogen and oxygen atoms in total. The summed E-state index contributed by atoms with van der Waals surface area (Å²) in [5.74, 6) is -0.733. The third-order valence-corrected chi connectivity index (χ3v) is 3.69. The minimum absolute atomic E-state index is 0.0122. The van der Waals surface area contributed by atoms with Crippen LogP contribution in [0.4, 0.5) is 0 Å². The fourth-order valence-corrected chi connectivity index (χ4v) is 2.55. The molecule has 0 aliphatic carbocycles. The summed E-state index contributed by atoms with van der Waals surface area (Å²) in [6.07, 6.45) is 0.915. The van der Waals surface area contributed by atoms with Crippen molar-refractivity contribution >= 4 is 11.9 Å². The second-order valence-corrected chi connectivity index (χ2v) is 5.56. The number of carbonyl (C=O) groups excluding carboxylic acids is 2. The Morgan fingerprint density at radius 1 is 1.30 bits per heavy atom. The van der Waals surface area contributed by atoms with Gasteiger partial charge in [0.25, 0.3) is 0 Å². The summed E-state index contributed by atoms with van der Waals surface area (Å²) in [5.41, 5.74) is 0.879. The van der Waals surface area contributed by atoms with Crippen molar-refractivity contribution < 1.29 is 24.2 Å². The molecule has 1 amide bonds. The number of amides is 1. The number of hydrogen-bond donors (Lipinski definition) is 0. The molecule has 1 aromatic carbocycles. The van der Waals surface area contributed by atoms with E-state index in [1.165, 1.54) is 4.90 Å². The normalized spacial score (nSPS) is 17.4. The van der Waals surface area contributed by atoms with Gasteiger partial charge in [0.1, 0.15) is 0 Å². The van der Waals surface area contributed by atoms with Gasteiger partial charge in [0.15, 0.2) is 11.5 Å². The van der Waals surface area contributed by atoms with E-state index in [9.17, 15) is 14.7 Å². The second-order valence-electron chi connectivity index (χ2n) is 5.56. The van der Waals surface area contributed by atoms with E-state index in [1.807, 2.05) is 32.0 Å². The molecule has 2 rings (SSSR count). The molecule has 0 spiro atoms. The van der Waals surface area contributed by atoms with Gasteiger partial charge >= 0.3 is 0 Å². The standard InChI is InChI=1S/C17H23NO5/c1-3-7-23-14-6-5-12(8-15(14)22-4-2)10-18-11-13(17(20)21)9-16(18)19/h5-6,8,13H,3-4,7,9-11H2,1-2H3,(H,20,21)/p-1/t13-/m0/s1. The Kier molecular flexibility index (Phi) is 5.84. The molecule has 0 aromatic heterocycles. The van der Waals surface area contributed by atoms with Gasteiger partial charge in [0.2, 0.25) is 5.91 Å². The molecule has 0 N–H and O–H groups in total. The molecule has 1 atom stereocenters. The van der Waals surface area contributed by atoms with Gasteiger partial charge < -0.3 is 24.3 Å². The van der Waals surface area contributed by atoms with Gasteiger partial charge in [-0.2, -0.15) is 0 Å². The minimum atomic E-state index is -1.17. The highest BCUT2D eigenvalue weighted by molar-refractivity contribution is 5.85. The number of likely N-dealkylation sites (tertiary alicyclic amines) is 1. The predicted octanol–water partition coefficient (Wildman–Crippen LogP) is 0.972. The fourth-order valence-electron chi connectivity index (χ4n) is 2.55. The van der Waals surface area contributed by atoms with Crippen LogP contribution in [-0.2, 0) is 16.1 Å². The number of aliphatic carboxylic acids is 1. The van der Waals surface area contributed by atoms with Crippen molar-refractivity contribution in [1.29, 1.82) is 0 Å². The molecule has 23 heavy (non-hydrogen) atoms. The smallest absolute Gasteiger partial charge is 0.223 e. The Morgan fingerprint density at radius 3 is 2.70 bits per heavy atom. The first kappa shape index (κ1) is 17.1. The molecular formula is C17H22NO5-. The van der Waals surface area contributed by atoms with E-state index < -0.39 is 11.9 Å². The van der Waals surface area contributed by atoms with Crippen molar-refractivity contribution in [3.05, 3.63) is 23.8 Å². The lowest BCUT2D eigenvalue weighted by molar-refractivity contribution is -0.311. The van der Waals surface area contributed by atoms with Gasteiger partial charge in [-0.05, 0) is 31.0 Å². The zero-order chi connectivity index (χ0) is 16.8. The van der Waals surface area contributed by atoms with Gasteiger partial charge in [-0.25, -0.2) is 0 Å². The van der Waals surface area contributed by atoms with Crippen molar-refractivity contribution in [3.63, 3.8) is 0 Å². The molecular weight excluding hydrogens is 298 g/mol. The van der Waals surface area contributed by atoms with Gasteiger partial charge in [-0.3, -0.25) is 4.79 Å². The van der Waals surface area contributed by atoms with Crippen molar-refractivity contribution in [2.75, 3.05) is 19.8 Å². The lowest BCUT2D eigenvalue weighted by Crippen LogP contribution is -2.33. The summed E-state index contributed by atoms with van der Waals surface area (Å²) in [4.78, 5) is 24.3. The quantitative estimate of drug-likeness (QED) is 0.713. The van der Waals surface area contributed by atoms with Crippen LogP contribution in [0.5, 0.6) is 11.5 Å². The summed E-state index contributed by atoms with van der Waals surface area (Å²) in [5, 5.41) is 10.9. The first-order valence-electron chi connectivity index (χ1n) is 7.92. The van der Waals surface area contributed by atoms with Gasteiger partial charge in [-0.15, -0.1) is 0 Å². The van der Waals surface area contributed by atoms with Crippen LogP contribution in [0.15, 0.2) is 18.2 Å². The van der Waals surface area contributed by atoms with E-state index in [1.54, 1.807) is 0 Å². The number of rotatable bonds is 8. The van der Waals surface area contributed by atoms with Crippen LogP contribution in [0, 0.1) is 5.92 Å². The molecule has 0 unspecified atom stereocenters. The lowest BCUT2D eigenvalue weighted by atomic mass is 10.1. The monoisotopic (exact) mass is 320 g/mol. The number of nitrogens with zero attached hydrogens (tertiary/aromatic N) is 1. The zero-order valence-electron chi connectivity index (χ0n) is 13.5. The van der Waals surface area contributed by atoms with E-state index in [0.29, 0.717) is 31.3 Å². The molecule has 1 aromatic rings. The van der Waals surface area contributed by atoms with Gasteiger partial charge in [0.05, 0.1) is 13.2 Å². The number of hydrogen-bond acceptors (Lipinski definition) is 5. The van der Waals surface area contributed by atoms with Crippen LogP contribution in [0.1, 0.15) is 32.3 Å². The minimum Gasteiger partial charge on any atom is -0.550 e. The Bertz CT molecular complexity index is 572. The molecule has 0 saturated carbocycles. The number of ether oxygens (including phenoxy) is 2. The van der Waals surface area contributed by atoms with Gasteiger partial charge in [0, 0.05) is 31.4 Å². The molecule has 0 radical (unpaired) electrons. The van der Waals surface area contributed by atoms with Crippen LogP contribution in [-0.4, -0.2) is 36.5 Å². The summed E-state index contributed by atoms with van der Waals surface area (Å²) in [6, 6.07) is 5.54. The number of carbonyl (C=O) groups is 2. The largest absolute Gasteiger partial charge is 0.550 e. The Labute approximate surface area is 136 Å². The summed E-state index contributed by atoms with van der Waals surface area (Å²) in [6.45, 7) is 5.60. The molecule has 1 aliphatic heterocycles.